The summed E-state index contributed by atoms with van der Waals surface area (Å²) in [5.74, 6) is 0.626. The SMILES string of the molecule is CCCNC(Cc1cc(Br)cc2c1OCC2)C(F)(F)F. The smallest absolute Gasteiger partial charge is 0.404 e. The van der Waals surface area contributed by atoms with Crippen molar-refractivity contribution in [3.8, 4) is 5.75 Å². The molecule has 0 aliphatic carbocycles. The third-order valence-corrected chi connectivity index (χ3v) is 3.74. The van der Waals surface area contributed by atoms with E-state index in [4.69, 9.17) is 4.74 Å². The van der Waals surface area contributed by atoms with Crippen molar-refractivity contribution < 1.29 is 17.9 Å². The lowest BCUT2D eigenvalue weighted by molar-refractivity contribution is -0.155. The van der Waals surface area contributed by atoms with Crippen LogP contribution in [0.15, 0.2) is 16.6 Å². The van der Waals surface area contributed by atoms with E-state index in [2.05, 4.69) is 21.2 Å². The summed E-state index contributed by atoms with van der Waals surface area (Å²) < 4.78 is 45.5. The molecule has 1 aliphatic rings. The van der Waals surface area contributed by atoms with Gasteiger partial charge >= 0.3 is 6.18 Å². The molecule has 1 unspecified atom stereocenters. The molecule has 1 aromatic carbocycles. The van der Waals surface area contributed by atoms with Gasteiger partial charge in [0.15, 0.2) is 0 Å². The van der Waals surface area contributed by atoms with Crippen molar-refractivity contribution in [2.45, 2.75) is 38.4 Å². The maximum atomic E-state index is 13.1. The number of rotatable bonds is 5. The van der Waals surface area contributed by atoms with Gasteiger partial charge in [-0.25, -0.2) is 0 Å². The molecule has 1 heterocycles. The number of nitrogens with one attached hydrogen (secondary N) is 1. The van der Waals surface area contributed by atoms with E-state index in [1.807, 2.05) is 13.0 Å². The van der Waals surface area contributed by atoms with Crippen LogP contribution in [0.5, 0.6) is 5.75 Å². The molecule has 2 nitrogen and oxygen atoms in total. The summed E-state index contributed by atoms with van der Waals surface area (Å²) in [4.78, 5) is 0. The van der Waals surface area contributed by atoms with Gasteiger partial charge in [-0.2, -0.15) is 13.2 Å². The first-order valence-electron chi connectivity index (χ1n) is 6.66. The van der Waals surface area contributed by atoms with E-state index >= 15 is 0 Å². The minimum absolute atomic E-state index is 0.106. The molecular formula is C14H17BrF3NO. The van der Waals surface area contributed by atoms with Crippen LogP contribution in [0.1, 0.15) is 24.5 Å². The average molecular weight is 352 g/mol. The van der Waals surface area contributed by atoms with Gasteiger partial charge in [-0.3, -0.25) is 0 Å². The molecule has 1 N–H and O–H groups in total. The zero-order valence-electron chi connectivity index (χ0n) is 11.2. The zero-order valence-corrected chi connectivity index (χ0v) is 12.8. The molecule has 112 valence electrons. The predicted molar refractivity (Wildman–Crippen MR) is 75.2 cm³/mol. The Balaban J connectivity index is 2.22. The topological polar surface area (TPSA) is 21.3 Å². The molecule has 1 aromatic rings. The number of halogens is 4. The highest BCUT2D eigenvalue weighted by molar-refractivity contribution is 9.10. The van der Waals surface area contributed by atoms with Gasteiger partial charge in [-0.15, -0.1) is 0 Å². The highest BCUT2D eigenvalue weighted by Crippen LogP contribution is 2.35. The molecule has 0 spiro atoms. The first-order valence-corrected chi connectivity index (χ1v) is 7.45. The molecule has 0 aromatic heterocycles. The molecule has 0 fully saturated rings. The summed E-state index contributed by atoms with van der Waals surface area (Å²) in [6.45, 7) is 2.74. The van der Waals surface area contributed by atoms with Crippen molar-refractivity contribution in [3.05, 3.63) is 27.7 Å². The third kappa shape index (κ3) is 3.67. The van der Waals surface area contributed by atoms with Crippen molar-refractivity contribution >= 4 is 15.9 Å². The van der Waals surface area contributed by atoms with Crippen LogP contribution in [0.25, 0.3) is 0 Å². The van der Waals surface area contributed by atoms with Crippen molar-refractivity contribution in [3.63, 3.8) is 0 Å². The summed E-state index contributed by atoms with van der Waals surface area (Å²) in [5, 5.41) is 2.57. The Bertz CT molecular complexity index is 476. The Morgan fingerprint density at radius 1 is 1.40 bits per heavy atom. The van der Waals surface area contributed by atoms with Crippen LogP contribution in [0.2, 0.25) is 0 Å². The second kappa shape index (κ2) is 6.35. The minimum Gasteiger partial charge on any atom is -0.493 e. The van der Waals surface area contributed by atoms with Crippen molar-refractivity contribution in [1.29, 1.82) is 0 Å². The van der Waals surface area contributed by atoms with Gasteiger partial charge in [0.25, 0.3) is 0 Å². The zero-order chi connectivity index (χ0) is 14.8. The van der Waals surface area contributed by atoms with Gasteiger partial charge in [0, 0.05) is 17.3 Å². The van der Waals surface area contributed by atoms with E-state index in [-0.39, 0.29) is 6.42 Å². The number of ether oxygens (including phenoxy) is 1. The highest BCUT2D eigenvalue weighted by atomic mass is 79.9. The van der Waals surface area contributed by atoms with E-state index < -0.39 is 12.2 Å². The fourth-order valence-electron chi connectivity index (χ4n) is 2.34. The quantitative estimate of drug-likeness (QED) is 0.869. The molecule has 20 heavy (non-hydrogen) atoms. The maximum absolute atomic E-state index is 13.1. The van der Waals surface area contributed by atoms with Crippen LogP contribution in [0.3, 0.4) is 0 Å². The molecule has 1 atom stereocenters. The Kier molecular flexibility index (Phi) is 4.96. The fourth-order valence-corrected chi connectivity index (χ4v) is 2.89. The first kappa shape index (κ1) is 15.6. The van der Waals surface area contributed by atoms with Crippen molar-refractivity contribution in [1.82, 2.24) is 5.32 Å². The molecule has 0 radical (unpaired) electrons. The average Bonchev–Trinajstić information content (AvgIpc) is 2.80. The minimum atomic E-state index is -4.26. The number of hydrogen-bond acceptors (Lipinski definition) is 2. The molecule has 0 saturated heterocycles. The van der Waals surface area contributed by atoms with E-state index in [1.165, 1.54) is 0 Å². The van der Waals surface area contributed by atoms with Gasteiger partial charge in [-0.05, 0) is 36.2 Å². The Morgan fingerprint density at radius 2 is 2.15 bits per heavy atom. The van der Waals surface area contributed by atoms with E-state index in [0.717, 1.165) is 16.5 Å². The Morgan fingerprint density at radius 3 is 2.80 bits per heavy atom. The molecule has 0 bridgehead atoms. The van der Waals surface area contributed by atoms with Crippen LogP contribution in [-0.2, 0) is 12.8 Å². The van der Waals surface area contributed by atoms with Crippen LogP contribution in [0, 0.1) is 0 Å². The van der Waals surface area contributed by atoms with Gasteiger partial charge in [0.2, 0.25) is 0 Å². The number of fused-ring (bicyclic) bond motifs is 1. The highest BCUT2D eigenvalue weighted by Gasteiger charge is 2.39. The number of hydrogen-bond donors (Lipinski definition) is 1. The summed E-state index contributed by atoms with van der Waals surface area (Å²) >= 11 is 3.35. The van der Waals surface area contributed by atoms with Gasteiger partial charge in [0.1, 0.15) is 11.8 Å². The molecule has 0 amide bonds. The molecule has 2 rings (SSSR count). The summed E-state index contributed by atoms with van der Waals surface area (Å²) in [6, 6.07) is 2.09. The lowest BCUT2D eigenvalue weighted by Gasteiger charge is -2.22. The second-order valence-electron chi connectivity index (χ2n) is 4.90. The largest absolute Gasteiger partial charge is 0.493 e. The van der Waals surface area contributed by atoms with Crippen molar-refractivity contribution in [2.24, 2.45) is 0 Å². The van der Waals surface area contributed by atoms with Gasteiger partial charge in [-0.1, -0.05) is 22.9 Å². The van der Waals surface area contributed by atoms with Crippen LogP contribution in [0.4, 0.5) is 13.2 Å². The summed E-state index contributed by atoms with van der Waals surface area (Å²) in [5.41, 5.74) is 1.59. The van der Waals surface area contributed by atoms with Crippen molar-refractivity contribution in [2.75, 3.05) is 13.2 Å². The van der Waals surface area contributed by atoms with Gasteiger partial charge < -0.3 is 10.1 Å². The van der Waals surface area contributed by atoms with E-state index in [0.29, 0.717) is 30.9 Å². The summed E-state index contributed by atoms with van der Waals surface area (Å²) in [7, 11) is 0. The molecule has 6 heteroatoms. The third-order valence-electron chi connectivity index (χ3n) is 3.29. The first-order chi connectivity index (χ1) is 9.41. The summed E-state index contributed by atoms with van der Waals surface area (Å²) in [6.07, 6.45) is -2.95. The maximum Gasteiger partial charge on any atom is 0.404 e. The standard InChI is InChI=1S/C14H17BrF3NO/c1-2-4-19-12(14(16,17)18)8-10-7-11(15)6-9-3-5-20-13(9)10/h6-7,12,19H,2-5,8H2,1H3. The second-order valence-corrected chi connectivity index (χ2v) is 5.82. The Hall–Kier alpha value is -0.750. The lowest BCUT2D eigenvalue weighted by atomic mass is 10.0. The van der Waals surface area contributed by atoms with Gasteiger partial charge in [0.05, 0.1) is 6.61 Å². The fraction of sp³-hybridized carbons (Fsp3) is 0.571. The van der Waals surface area contributed by atoms with E-state index in [1.54, 1.807) is 6.07 Å². The molecule has 0 saturated carbocycles. The van der Waals surface area contributed by atoms with Crippen LogP contribution >= 0.6 is 15.9 Å². The number of alkyl halides is 3. The van der Waals surface area contributed by atoms with Crippen LogP contribution < -0.4 is 10.1 Å². The lowest BCUT2D eigenvalue weighted by Crippen LogP contribution is -2.44. The Labute approximate surface area is 124 Å². The monoisotopic (exact) mass is 351 g/mol. The normalized spacial score (nSPS) is 15.8. The van der Waals surface area contributed by atoms with E-state index in [9.17, 15) is 13.2 Å². The predicted octanol–water partition coefficient (Wildman–Crippen LogP) is 3.86. The van der Waals surface area contributed by atoms with Crippen LogP contribution in [-0.4, -0.2) is 25.4 Å². The molecular weight excluding hydrogens is 335 g/mol. The molecule has 1 aliphatic heterocycles. The number of benzene rings is 1.